The average Bonchev–Trinajstić information content (AvgIpc) is 2.73. The first-order valence-electron chi connectivity index (χ1n) is 9.69. The minimum Gasteiger partial charge on any atom is -0.338 e. The second-order valence-electron chi connectivity index (χ2n) is 7.26. The quantitative estimate of drug-likeness (QED) is 0.719. The monoisotopic (exact) mass is 423 g/mol. The SMILES string of the molecule is C#CCN1CCN[C@@H](C(=O)N2CCN(C(=O)Nc3ccc(C(F)(F)F)cc3)CC2)C1. The van der Waals surface area contributed by atoms with E-state index in [1.54, 1.807) is 9.80 Å². The number of carbonyl (C=O) groups is 2. The van der Waals surface area contributed by atoms with E-state index in [4.69, 9.17) is 6.42 Å². The zero-order valence-corrected chi connectivity index (χ0v) is 16.4. The number of hydrogen-bond acceptors (Lipinski definition) is 4. The molecule has 0 radical (unpaired) electrons. The number of piperazine rings is 2. The summed E-state index contributed by atoms with van der Waals surface area (Å²) in [4.78, 5) is 30.5. The van der Waals surface area contributed by atoms with Crippen LogP contribution in [0.25, 0.3) is 0 Å². The molecule has 2 aliphatic heterocycles. The Balaban J connectivity index is 1.48. The number of hydrogen-bond donors (Lipinski definition) is 2. The lowest BCUT2D eigenvalue weighted by atomic mass is 10.1. The summed E-state index contributed by atoms with van der Waals surface area (Å²) < 4.78 is 37.9. The lowest BCUT2D eigenvalue weighted by Gasteiger charge is -2.39. The van der Waals surface area contributed by atoms with Crippen molar-refractivity contribution in [3.8, 4) is 12.3 Å². The lowest BCUT2D eigenvalue weighted by molar-refractivity contribution is -0.137. The highest BCUT2D eigenvalue weighted by atomic mass is 19.4. The fourth-order valence-electron chi connectivity index (χ4n) is 3.54. The third kappa shape index (κ3) is 5.43. The third-order valence-electron chi connectivity index (χ3n) is 5.21. The van der Waals surface area contributed by atoms with Gasteiger partial charge in [0.15, 0.2) is 0 Å². The molecule has 2 N–H and O–H groups in total. The number of rotatable bonds is 3. The molecule has 1 aromatic carbocycles. The van der Waals surface area contributed by atoms with E-state index in [1.165, 1.54) is 12.1 Å². The Morgan fingerprint density at radius 1 is 1.10 bits per heavy atom. The predicted octanol–water partition coefficient (Wildman–Crippen LogP) is 1.29. The van der Waals surface area contributed by atoms with Crippen molar-refractivity contribution >= 4 is 17.6 Å². The van der Waals surface area contributed by atoms with Gasteiger partial charge in [-0.15, -0.1) is 6.42 Å². The first kappa shape index (κ1) is 21.9. The Kier molecular flexibility index (Phi) is 6.84. The second kappa shape index (κ2) is 9.36. The normalized spacial score (nSPS) is 20.5. The summed E-state index contributed by atoms with van der Waals surface area (Å²) in [6, 6.07) is 3.56. The molecule has 2 heterocycles. The molecule has 3 amide bonds. The fourth-order valence-corrected chi connectivity index (χ4v) is 3.54. The van der Waals surface area contributed by atoms with Gasteiger partial charge in [0.2, 0.25) is 5.91 Å². The van der Waals surface area contributed by atoms with Gasteiger partial charge in [-0.2, -0.15) is 13.2 Å². The highest BCUT2D eigenvalue weighted by molar-refractivity contribution is 5.89. The van der Waals surface area contributed by atoms with Crippen molar-refractivity contribution < 1.29 is 22.8 Å². The Hall–Kier alpha value is -2.77. The van der Waals surface area contributed by atoms with Crippen LogP contribution in [0.5, 0.6) is 0 Å². The van der Waals surface area contributed by atoms with Gasteiger partial charge in [0.1, 0.15) is 0 Å². The largest absolute Gasteiger partial charge is 0.416 e. The van der Waals surface area contributed by atoms with Crippen LogP contribution in [0, 0.1) is 12.3 Å². The van der Waals surface area contributed by atoms with Gasteiger partial charge in [-0.05, 0) is 24.3 Å². The number of anilines is 1. The van der Waals surface area contributed by atoms with Gasteiger partial charge in [0.05, 0.1) is 18.2 Å². The van der Waals surface area contributed by atoms with E-state index in [0.29, 0.717) is 45.8 Å². The summed E-state index contributed by atoms with van der Waals surface area (Å²) in [5.41, 5.74) is -0.490. The number of carbonyl (C=O) groups excluding carboxylic acids is 2. The number of halogens is 3. The van der Waals surface area contributed by atoms with E-state index < -0.39 is 17.8 Å². The van der Waals surface area contributed by atoms with Crippen LogP contribution in [0.2, 0.25) is 0 Å². The second-order valence-corrected chi connectivity index (χ2v) is 7.26. The van der Waals surface area contributed by atoms with Crippen LogP contribution in [0.15, 0.2) is 24.3 Å². The molecule has 1 aromatic rings. The van der Waals surface area contributed by atoms with E-state index in [0.717, 1.165) is 18.7 Å². The van der Waals surface area contributed by atoms with Crippen molar-refractivity contribution in [3.63, 3.8) is 0 Å². The summed E-state index contributed by atoms with van der Waals surface area (Å²) in [6.07, 6.45) is 0.928. The van der Waals surface area contributed by atoms with Crippen LogP contribution in [0.3, 0.4) is 0 Å². The zero-order chi connectivity index (χ0) is 21.7. The maximum atomic E-state index is 12.8. The van der Waals surface area contributed by atoms with Gasteiger partial charge < -0.3 is 20.4 Å². The molecule has 7 nitrogen and oxygen atoms in total. The van der Waals surface area contributed by atoms with Crippen molar-refractivity contribution in [2.24, 2.45) is 0 Å². The van der Waals surface area contributed by atoms with Crippen LogP contribution in [-0.2, 0) is 11.0 Å². The molecular weight excluding hydrogens is 399 g/mol. The van der Waals surface area contributed by atoms with E-state index in [1.807, 2.05) is 4.90 Å². The number of urea groups is 1. The first-order chi connectivity index (χ1) is 14.3. The maximum absolute atomic E-state index is 12.8. The lowest BCUT2D eigenvalue weighted by Crippen LogP contribution is -2.60. The van der Waals surface area contributed by atoms with Gasteiger partial charge in [-0.3, -0.25) is 9.69 Å². The van der Waals surface area contributed by atoms with Gasteiger partial charge >= 0.3 is 12.2 Å². The summed E-state index contributed by atoms with van der Waals surface area (Å²) >= 11 is 0. The van der Waals surface area contributed by atoms with Crippen molar-refractivity contribution in [3.05, 3.63) is 29.8 Å². The van der Waals surface area contributed by atoms with Crippen LogP contribution < -0.4 is 10.6 Å². The molecule has 0 spiro atoms. The molecule has 2 aliphatic rings. The molecule has 0 aliphatic carbocycles. The molecule has 10 heteroatoms. The molecule has 3 rings (SSSR count). The number of alkyl halides is 3. The molecule has 0 bridgehead atoms. The Bertz CT molecular complexity index is 798. The molecule has 0 aromatic heterocycles. The Labute approximate surface area is 173 Å². The van der Waals surface area contributed by atoms with Gasteiger partial charge in [-0.1, -0.05) is 5.92 Å². The molecule has 2 saturated heterocycles. The van der Waals surface area contributed by atoms with Crippen molar-refractivity contribution in [2.45, 2.75) is 12.2 Å². The summed E-state index contributed by atoms with van der Waals surface area (Å²) in [5, 5.41) is 5.81. The summed E-state index contributed by atoms with van der Waals surface area (Å²) in [6.45, 7) is 4.03. The smallest absolute Gasteiger partial charge is 0.338 e. The van der Waals surface area contributed by atoms with E-state index in [-0.39, 0.29) is 17.6 Å². The molecule has 2 fully saturated rings. The molecule has 0 unspecified atom stereocenters. The molecule has 162 valence electrons. The minimum absolute atomic E-state index is 0.0143. The van der Waals surface area contributed by atoms with Crippen molar-refractivity contribution in [1.29, 1.82) is 0 Å². The predicted molar refractivity (Wildman–Crippen MR) is 106 cm³/mol. The zero-order valence-electron chi connectivity index (χ0n) is 16.4. The van der Waals surface area contributed by atoms with Crippen LogP contribution in [0.1, 0.15) is 5.56 Å². The molecule has 1 atom stereocenters. The van der Waals surface area contributed by atoms with E-state index >= 15 is 0 Å². The van der Waals surface area contributed by atoms with E-state index in [2.05, 4.69) is 16.6 Å². The third-order valence-corrected chi connectivity index (χ3v) is 5.21. The van der Waals surface area contributed by atoms with Crippen molar-refractivity contribution in [2.75, 3.05) is 57.7 Å². The Morgan fingerprint density at radius 3 is 2.33 bits per heavy atom. The van der Waals surface area contributed by atoms with Crippen LogP contribution in [-0.4, -0.2) is 85.0 Å². The number of nitrogens with one attached hydrogen (secondary N) is 2. The minimum atomic E-state index is -4.42. The Morgan fingerprint density at radius 2 is 1.73 bits per heavy atom. The van der Waals surface area contributed by atoms with Gasteiger partial charge in [0.25, 0.3) is 0 Å². The fraction of sp³-hybridized carbons (Fsp3) is 0.500. The summed E-state index contributed by atoms with van der Waals surface area (Å²) in [5.74, 6) is 2.58. The standard InChI is InChI=1S/C20H24F3N5O2/c1-2-8-26-9-7-24-17(14-26)18(29)27-10-12-28(13-11-27)19(30)25-16-5-3-15(4-6-16)20(21,22)23/h1,3-6,17,24H,7-14H2,(H,25,30)/t17-/m1/s1. The van der Waals surface area contributed by atoms with E-state index in [9.17, 15) is 22.8 Å². The van der Waals surface area contributed by atoms with Gasteiger partial charge in [0, 0.05) is 51.5 Å². The highest BCUT2D eigenvalue weighted by Gasteiger charge is 2.32. The average molecular weight is 423 g/mol. The summed E-state index contributed by atoms with van der Waals surface area (Å²) in [7, 11) is 0. The van der Waals surface area contributed by atoms with Gasteiger partial charge in [-0.25, -0.2) is 4.79 Å². The molecular formula is C20H24F3N5O2. The number of terminal acetylenes is 1. The maximum Gasteiger partial charge on any atom is 0.416 e. The van der Waals surface area contributed by atoms with Crippen LogP contribution >= 0.6 is 0 Å². The number of amides is 3. The molecule has 30 heavy (non-hydrogen) atoms. The number of nitrogens with zero attached hydrogens (tertiary/aromatic N) is 3. The number of benzene rings is 1. The molecule has 0 saturated carbocycles. The topological polar surface area (TPSA) is 67.9 Å². The van der Waals surface area contributed by atoms with Crippen molar-refractivity contribution in [1.82, 2.24) is 20.0 Å². The highest BCUT2D eigenvalue weighted by Crippen LogP contribution is 2.29. The first-order valence-corrected chi connectivity index (χ1v) is 9.69. The van der Waals surface area contributed by atoms with Crippen LogP contribution in [0.4, 0.5) is 23.7 Å².